The first-order valence-corrected chi connectivity index (χ1v) is 14.7. The van der Waals surface area contributed by atoms with Crippen LogP contribution in [0.1, 0.15) is 53.0 Å². The summed E-state index contributed by atoms with van der Waals surface area (Å²) in [6, 6.07) is 0.782. The fourth-order valence-corrected chi connectivity index (χ4v) is 4.67. The number of para-hydroxylation sites is 1. The van der Waals surface area contributed by atoms with Gasteiger partial charge in [-0.3, -0.25) is 19.2 Å². The first-order chi connectivity index (χ1) is 20.7. The van der Waals surface area contributed by atoms with Crippen LogP contribution in [0.4, 0.5) is 0 Å². The van der Waals surface area contributed by atoms with Gasteiger partial charge in [-0.2, -0.15) is 0 Å². The van der Waals surface area contributed by atoms with Crippen molar-refractivity contribution >= 4 is 40.5 Å². The second-order valence-corrected chi connectivity index (χ2v) is 11.5. The van der Waals surface area contributed by atoms with E-state index in [0.29, 0.717) is 18.4 Å². The van der Waals surface area contributed by atoms with Crippen LogP contribution in [0.3, 0.4) is 0 Å². The Morgan fingerprint density at radius 1 is 0.864 bits per heavy atom. The minimum absolute atomic E-state index is 0.0437. The van der Waals surface area contributed by atoms with E-state index in [9.17, 15) is 39.3 Å². The first-order valence-electron chi connectivity index (χ1n) is 14.7. The van der Waals surface area contributed by atoms with E-state index in [1.54, 1.807) is 20.0 Å². The first kappa shape index (κ1) is 36.2. The fraction of sp³-hybridized carbons (Fsp3) is 0.567. The van der Waals surface area contributed by atoms with E-state index >= 15 is 0 Å². The van der Waals surface area contributed by atoms with Gasteiger partial charge in [-0.15, -0.1) is 0 Å². The topological polar surface area (TPSA) is 236 Å². The Balaban J connectivity index is 2.29. The molecule has 0 unspecified atom stereocenters. The molecule has 0 aliphatic carbocycles. The van der Waals surface area contributed by atoms with Crippen molar-refractivity contribution in [3.8, 4) is 0 Å². The zero-order valence-electron chi connectivity index (χ0n) is 25.8. The lowest BCUT2D eigenvalue weighted by molar-refractivity contribution is -0.144. The number of hydrogen-bond donors (Lipinski definition) is 9. The zero-order chi connectivity index (χ0) is 33.1. The number of H-pyrrole nitrogens is 1. The molecule has 1 aromatic carbocycles. The molecule has 1 heterocycles. The molecule has 2 aromatic rings. The van der Waals surface area contributed by atoms with Crippen LogP contribution in [0.2, 0.25) is 0 Å². The highest BCUT2D eigenvalue weighted by atomic mass is 16.4. The van der Waals surface area contributed by atoms with E-state index < -0.39 is 78.4 Å². The predicted molar refractivity (Wildman–Crippen MR) is 163 cm³/mol. The van der Waals surface area contributed by atoms with Crippen molar-refractivity contribution in [2.45, 2.75) is 90.2 Å². The molecule has 0 saturated heterocycles. The minimum Gasteiger partial charge on any atom is -0.480 e. The summed E-state index contributed by atoms with van der Waals surface area (Å²) >= 11 is 0. The van der Waals surface area contributed by atoms with Gasteiger partial charge in [-0.25, -0.2) is 4.79 Å². The molecule has 0 radical (unpaired) electrons. The maximum atomic E-state index is 13.5. The molecule has 1 aromatic heterocycles. The SMILES string of the molecule is CC[C@H](C)[C@H](NC(=O)[C@H](Cc1c[nH]c2ccccc12)NC(=O)[C@@H](NC(=O)[C@H](CO)NC(=O)[C@@H](N)CC(C)C)[C@@H](C)O)C(=O)O. The Morgan fingerprint density at radius 2 is 1.45 bits per heavy atom. The van der Waals surface area contributed by atoms with Gasteiger partial charge in [-0.05, 0) is 36.8 Å². The number of nitrogens with one attached hydrogen (secondary N) is 5. The zero-order valence-corrected chi connectivity index (χ0v) is 25.8. The molecule has 14 heteroatoms. The maximum absolute atomic E-state index is 13.5. The summed E-state index contributed by atoms with van der Waals surface area (Å²) in [4.78, 5) is 67.3. The molecule has 0 aliphatic rings. The largest absolute Gasteiger partial charge is 0.480 e. The monoisotopic (exact) mass is 618 g/mol. The average molecular weight is 619 g/mol. The van der Waals surface area contributed by atoms with Crippen LogP contribution in [-0.2, 0) is 30.4 Å². The maximum Gasteiger partial charge on any atom is 0.326 e. The van der Waals surface area contributed by atoms with Gasteiger partial charge in [0.25, 0.3) is 0 Å². The average Bonchev–Trinajstić information content (AvgIpc) is 3.38. The van der Waals surface area contributed by atoms with E-state index in [1.807, 2.05) is 38.1 Å². The molecular weight excluding hydrogens is 572 g/mol. The van der Waals surface area contributed by atoms with Crippen LogP contribution < -0.4 is 27.0 Å². The normalized spacial score (nSPS) is 16.2. The number of hydrogen-bond acceptors (Lipinski definition) is 8. The molecule has 14 nitrogen and oxygen atoms in total. The van der Waals surface area contributed by atoms with E-state index in [2.05, 4.69) is 26.3 Å². The van der Waals surface area contributed by atoms with Crippen LogP contribution in [-0.4, -0.2) is 92.8 Å². The fourth-order valence-electron chi connectivity index (χ4n) is 4.67. The quantitative estimate of drug-likeness (QED) is 0.111. The Labute approximate surface area is 256 Å². The summed E-state index contributed by atoms with van der Waals surface area (Å²) < 4.78 is 0. The molecule has 0 aliphatic heterocycles. The number of amides is 4. The van der Waals surface area contributed by atoms with Crippen molar-refractivity contribution in [2.24, 2.45) is 17.6 Å². The third-order valence-corrected chi connectivity index (χ3v) is 7.45. The van der Waals surface area contributed by atoms with Crippen molar-refractivity contribution in [1.29, 1.82) is 0 Å². The van der Waals surface area contributed by atoms with Crippen LogP contribution in [0, 0.1) is 11.8 Å². The van der Waals surface area contributed by atoms with Crippen molar-refractivity contribution in [3.63, 3.8) is 0 Å². The second-order valence-electron chi connectivity index (χ2n) is 11.5. The number of aromatic nitrogens is 1. The lowest BCUT2D eigenvalue weighted by atomic mass is 9.97. The van der Waals surface area contributed by atoms with E-state index in [0.717, 1.165) is 10.9 Å². The van der Waals surface area contributed by atoms with Crippen molar-refractivity contribution < 1.29 is 39.3 Å². The number of carboxylic acid groups (broad SMARTS) is 1. The summed E-state index contributed by atoms with van der Waals surface area (Å²) in [5.41, 5.74) is 7.32. The molecule has 244 valence electrons. The number of nitrogens with two attached hydrogens (primary N) is 1. The molecular formula is C30H46N6O8. The Hall–Kier alpha value is -4.01. The second kappa shape index (κ2) is 16.7. The van der Waals surface area contributed by atoms with Crippen LogP contribution >= 0.6 is 0 Å². The minimum atomic E-state index is -1.60. The summed E-state index contributed by atoms with van der Waals surface area (Å²) in [6.45, 7) is 7.64. The molecule has 0 fully saturated rings. The Bertz CT molecular complexity index is 1300. The smallest absolute Gasteiger partial charge is 0.326 e. The lowest BCUT2D eigenvalue weighted by Crippen LogP contribution is -2.62. The molecule has 0 saturated carbocycles. The Kier molecular flexibility index (Phi) is 13.8. The standard InChI is InChI=1S/C30H46N6O8/c1-6-16(4)24(30(43)44)35-27(40)22(12-18-13-32-21-10-8-7-9-19(18)21)33-29(42)25(17(5)38)36-28(41)23(14-37)34-26(39)20(31)11-15(2)3/h7-10,13,15-17,20,22-25,32,37-38H,6,11-12,14,31H2,1-5H3,(H,33,42)(H,34,39)(H,35,40)(H,36,41)(H,43,44)/t16-,17+,20-,22-,23-,24-,25-/m0/s1. The predicted octanol–water partition coefficient (Wildman–Crippen LogP) is -0.473. The van der Waals surface area contributed by atoms with Gasteiger partial charge in [0, 0.05) is 23.5 Å². The summed E-state index contributed by atoms with van der Waals surface area (Å²) in [7, 11) is 0. The van der Waals surface area contributed by atoms with E-state index in [4.69, 9.17) is 5.73 Å². The number of carbonyl (C=O) groups is 5. The van der Waals surface area contributed by atoms with Gasteiger partial charge < -0.3 is 47.3 Å². The van der Waals surface area contributed by atoms with Gasteiger partial charge in [0.15, 0.2) is 0 Å². The number of fused-ring (bicyclic) bond motifs is 1. The van der Waals surface area contributed by atoms with Crippen LogP contribution in [0.25, 0.3) is 10.9 Å². The highest BCUT2D eigenvalue weighted by Crippen LogP contribution is 2.20. The van der Waals surface area contributed by atoms with E-state index in [-0.39, 0.29) is 12.3 Å². The Morgan fingerprint density at radius 3 is 2.02 bits per heavy atom. The number of carboxylic acids is 1. The van der Waals surface area contributed by atoms with Crippen LogP contribution in [0.15, 0.2) is 30.5 Å². The number of aromatic amines is 1. The van der Waals surface area contributed by atoms with Gasteiger partial charge >= 0.3 is 5.97 Å². The molecule has 0 spiro atoms. The molecule has 2 rings (SSSR count). The lowest BCUT2D eigenvalue weighted by Gasteiger charge is -2.28. The summed E-state index contributed by atoms with van der Waals surface area (Å²) in [5.74, 6) is -4.88. The van der Waals surface area contributed by atoms with Gasteiger partial charge in [0.05, 0.1) is 18.8 Å². The van der Waals surface area contributed by atoms with Crippen molar-refractivity contribution in [1.82, 2.24) is 26.3 Å². The highest BCUT2D eigenvalue weighted by Gasteiger charge is 2.35. The number of rotatable bonds is 17. The van der Waals surface area contributed by atoms with Gasteiger partial charge in [-0.1, -0.05) is 52.3 Å². The highest BCUT2D eigenvalue weighted by molar-refractivity contribution is 5.96. The molecule has 4 amide bonds. The van der Waals surface area contributed by atoms with E-state index in [1.165, 1.54) is 6.92 Å². The number of aliphatic hydroxyl groups excluding tert-OH is 2. The van der Waals surface area contributed by atoms with Crippen LogP contribution in [0.5, 0.6) is 0 Å². The van der Waals surface area contributed by atoms with Gasteiger partial charge in [0.2, 0.25) is 23.6 Å². The third kappa shape index (κ3) is 10.0. The van der Waals surface area contributed by atoms with Crippen molar-refractivity contribution in [3.05, 3.63) is 36.0 Å². The molecule has 10 N–H and O–H groups in total. The third-order valence-electron chi connectivity index (χ3n) is 7.45. The number of carbonyl (C=O) groups excluding carboxylic acids is 4. The summed E-state index contributed by atoms with van der Waals surface area (Å²) in [6.07, 6.45) is 0.980. The summed E-state index contributed by atoms with van der Waals surface area (Å²) in [5, 5.41) is 40.4. The molecule has 7 atom stereocenters. The number of benzene rings is 1. The van der Waals surface area contributed by atoms with Crippen molar-refractivity contribution in [2.75, 3.05) is 6.61 Å². The molecule has 44 heavy (non-hydrogen) atoms. The number of aliphatic carboxylic acids is 1. The van der Waals surface area contributed by atoms with Gasteiger partial charge in [0.1, 0.15) is 24.2 Å². The number of aliphatic hydroxyl groups is 2. The molecule has 0 bridgehead atoms.